The summed E-state index contributed by atoms with van der Waals surface area (Å²) in [6.45, 7) is 5.76. The van der Waals surface area contributed by atoms with Crippen LogP contribution in [-0.2, 0) is 11.2 Å². The maximum atomic E-state index is 11.2. The number of nitrogens with zero attached hydrogens (tertiary/aromatic N) is 1. The number of rotatable bonds is 3. The number of aromatic nitrogens is 1. The minimum absolute atomic E-state index is 0.154. The second-order valence-corrected chi connectivity index (χ2v) is 4.74. The summed E-state index contributed by atoms with van der Waals surface area (Å²) in [5.74, 6) is 0.410. The second-order valence-electron chi connectivity index (χ2n) is 4.74. The number of phenols is 1. The Kier molecular flexibility index (Phi) is 2.92. The van der Waals surface area contributed by atoms with Gasteiger partial charge in [-0.1, -0.05) is 0 Å². The largest absolute Gasteiger partial charge is 0.508 e. The van der Waals surface area contributed by atoms with E-state index in [0.29, 0.717) is 12.5 Å². The first-order valence-corrected chi connectivity index (χ1v) is 5.81. The van der Waals surface area contributed by atoms with Gasteiger partial charge in [0.05, 0.1) is 5.52 Å². The van der Waals surface area contributed by atoms with Gasteiger partial charge in [0.15, 0.2) is 0 Å². The maximum Gasteiger partial charge on any atom is 0.134 e. The lowest BCUT2D eigenvalue weighted by atomic mass is 10.1. The van der Waals surface area contributed by atoms with Gasteiger partial charge in [0.1, 0.15) is 11.5 Å². The average Bonchev–Trinajstić information content (AvgIpc) is 2.55. The van der Waals surface area contributed by atoms with Gasteiger partial charge >= 0.3 is 0 Å². The Morgan fingerprint density at radius 1 is 1.41 bits per heavy atom. The molecule has 1 heterocycles. The first-order chi connectivity index (χ1) is 7.99. The van der Waals surface area contributed by atoms with Crippen LogP contribution < -0.4 is 0 Å². The monoisotopic (exact) mass is 231 g/mol. The zero-order chi connectivity index (χ0) is 12.6. The lowest BCUT2D eigenvalue weighted by Crippen LogP contribution is -1.98. The van der Waals surface area contributed by atoms with Gasteiger partial charge in [-0.05, 0) is 38.5 Å². The fourth-order valence-corrected chi connectivity index (χ4v) is 2.15. The average molecular weight is 231 g/mol. The number of Topliss-reactive ketones (excluding diaryl/α,β-unsaturated/α-hetero) is 1. The van der Waals surface area contributed by atoms with Crippen LogP contribution in [0, 0.1) is 0 Å². The van der Waals surface area contributed by atoms with Crippen LogP contribution in [0.5, 0.6) is 5.75 Å². The molecule has 0 radical (unpaired) electrons. The molecule has 0 unspecified atom stereocenters. The summed E-state index contributed by atoms with van der Waals surface area (Å²) < 4.78 is 2.09. The summed E-state index contributed by atoms with van der Waals surface area (Å²) in [7, 11) is 0. The third-order valence-corrected chi connectivity index (χ3v) is 2.90. The quantitative estimate of drug-likeness (QED) is 0.882. The molecule has 0 saturated heterocycles. The van der Waals surface area contributed by atoms with Gasteiger partial charge < -0.3 is 9.67 Å². The number of carbonyl (C=O) groups is 1. The number of hydrogen-bond donors (Lipinski definition) is 1. The van der Waals surface area contributed by atoms with Gasteiger partial charge in [0.2, 0.25) is 0 Å². The Morgan fingerprint density at radius 2 is 2.12 bits per heavy atom. The molecule has 0 aliphatic carbocycles. The SMILES string of the molecule is CC(=O)Cc1cn(C(C)C)c2cc(O)ccc12. The van der Waals surface area contributed by atoms with E-state index in [0.717, 1.165) is 16.5 Å². The minimum Gasteiger partial charge on any atom is -0.508 e. The van der Waals surface area contributed by atoms with Gasteiger partial charge in [-0.15, -0.1) is 0 Å². The van der Waals surface area contributed by atoms with Crippen LogP contribution in [0.4, 0.5) is 0 Å². The highest BCUT2D eigenvalue weighted by Gasteiger charge is 2.12. The van der Waals surface area contributed by atoms with Gasteiger partial charge in [-0.3, -0.25) is 4.79 Å². The Bertz CT molecular complexity index is 567. The topological polar surface area (TPSA) is 42.2 Å². The molecule has 1 aromatic carbocycles. The molecule has 0 aliphatic heterocycles. The van der Waals surface area contributed by atoms with Crippen LogP contribution >= 0.6 is 0 Å². The molecular formula is C14H17NO2. The number of benzene rings is 1. The highest BCUT2D eigenvalue weighted by atomic mass is 16.3. The van der Waals surface area contributed by atoms with Gasteiger partial charge in [0.25, 0.3) is 0 Å². The van der Waals surface area contributed by atoms with Crippen molar-refractivity contribution in [3.05, 3.63) is 30.0 Å². The van der Waals surface area contributed by atoms with Crippen molar-refractivity contribution in [1.29, 1.82) is 0 Å². The van der Waals surface area contributed by atoms with Crippen LogP contribution in [0.1, 0.15) is 32.4 Å². The summed E-state index contributed by atoms with van der Waals surface area (Å²) in [6.07, 6.45) is 2.46. The lowest BCUT2D eigenvalue weighted by Gasteiger charge is -2.08. The fraction of sp³-hybridized carbons (Fsp3) is 0.357. The van der Waals surface area contributed by atoms with Crippen molar-refractivity contribution in [2.45, 2.75) is 33.2 Å². The molecule has 2 aromatic rings. The first kappa shape index (κ1) is 11.7. The van der Waals surface area contributed by atoms with Crippen molar-refractivity contribution in [1.82, 2.24) is 4.57 Å². The molecule has 0 aliphatic rings. The van der Waals surface area contributed by atoms with Crippen LogP contribution in [0.3, 0.4) is 0 Å². The number of carbonyl (C=O) groups excluding carboxylic acids is 1. The molecule has 0 spiro atoms. The summed E-state index contributed by atoms with van der Waals surface area (Å²) in [5, 5.41) is 10.6. The molecule has 3 heteroatoms. The number of ketones is 1. The normalized spacial score (nSPS) is 11.3. The molecule has 0 atom stereocenters. The maximum absolute atomic E-state index is 11.2. The Labute approximate surface area is 101 Å². The van der Waals surface area contributed by atoms with Crippen molar-refractivity contribution >= 4 is 16.7 Å². The van der Waals surface area contributed by atoms with E-state index in [9.17, 15) is 9.90 Å². The molecule has 3 nitrogen and oxygen atoms in total. The summed E-state index contributed by atoms with van der Waals surface area (Å²) in [5.41, 5.74) is 2.01. The molecule has 0 amide bonds. The van der Waals surface area contributed by atoms with Crippen molar-refractivity contribution in [3.63, 3.8) is 0 Å². The Morgan fingerprint density at radius 3 is 2.71 bits per heavy atom. The second kappa shape index (κ2) is 4.24. The van der Waals surface area contributed by atoms with E-state index in [1.54, 1.807) is 19.1 Å². The van der Waals surface area contributed by atoms with Crippen molar-refractivity contribution < 1.29 is 9.90 Å². The number of phenolic OH excluding ortho intramolecular Hbond substituents is 1. The summed E-state index contributed by atoms with van der Waals surface area (Å²) in [4.78, 5) is 11.2. The van der Waals surface area contributed by atoms with Crippen LogP contribution in [-0.4, -0.2) is 15.5 Å². The van der Waals surface area contributed by atoms with Gasteiger partial charge in [0, 0.05) is 30.1 Å². The Hall–Kier alpha value is -1.77. The molecule has 17 heavy (non-hydrogen) atoms. The van der Waals surface area contributed by atoms with Crippen molar-refractivity contribution in [2.75, 3.05) is 0 Å². The zero-order valence-electron chi connectivity index (χ0n) is 10.4. The van der Waals surface area contributed by atoms with E-state index >= 15 is 0 Å². The zero-order valence-corrected chi connectivity index (χ0v) is 10.4. The molecule has 0 saturated carbocycles. The van der Waals surface area contributed by atoms with E-state index in [2.05, 4.69) is 18.4 Å². The molecule has 2 rings (SSSR count). The molecule has 1 N–H and O–H groups in total. The van der Waals surface area contributed by atoms with E-state index in [4.69, 9.17) is 0 Å². The van der Waals surface area contributed by atoms with Gasteiger partial charge in [-0.25, -0.2) is 0 Å². The third kappa shape index (κ3) is 2.18. The standard InChI is InChI=1S/C14H17NO2/c1-9(2)15-8-11(6-10(3)16)13-5-4-12(17)7-14(13)15/h4-5,7-9,17H,6H2,1-3H3. The molecule has 90 valence electrons. The lowest BCUT2D eigenvalue weighted by molar-refractivity contribution is -0.116. The van der Waals surface area contributed by atoms with Crippen molar-refractivity contribution in [2.24, 2.45) is 0 Å². The summed E-state index contributed by atoms with van der Waals surface area (Å²) >= 11 is 0. The molecule has 0 bridgehead atoms. The van der Waals surface area contributed by atoms with Crippen LogP contribution in [0.15, 0.2) is 24.4 Å². The fourth-order valence-electron chi connectivity index (χ4n) is 2.15. The van der Waals surface area contributed by atoms with Crippen LogP contribution in [0.2, 0.25) is 0 Å². The number of hydrogen-bond acceptors (Lipinski definition) is 2. The third-order valence-electron chi connectivity index (χ3n) is 2.90. The van der Waals surface area contributed by atoms with Crippen molar-refractivity contribution in [3.8, 4) is 5.75 Å². The highest BCUT2D eigenvalue weighted by molar-refractivity contribution is 5.90. The summed E-state index contributed by atoms with van der Waals surface area (Å²) in [6, 6.07) is 5.59. The molecule has 0 fully saturated rings. The Balaban J connectivity index is 2.66. The minimum atomic E-state index is 0.154. The number of aromatic hydroxyl groups is 1. The van der Waals surface area contributed by atoms with Crippen LogP contribution in [0.25, 0.3) is 10.9 Å². The molecular weight excluding hydrogens is 214 g/mol. The smallest absolute Gasteiger partial charge is 0.134 e. The van der Waals surface area contributed by atoms with E-state index in [1.165, 1.54) is 0 Å². The highest BCUT2D eigenvalue weighted by Crippen LogP contribution is 2.28. The van der Waals surface area contributed by atoms with E-state index in [-0.39, 0.29) is 11.5 Å². The number of fused-ring (bicyclic) bond motifs is 1. The van der Waals surface area contributed by atoms with Gasteiger partial charge in [-0.2, -0.15) is 0 Å². The first-order valence-electron chi connectivity index (χ1n) is 5.81. The predicted octanol–water partition coefficient (Wildman–Crippen LogP) is 3.06. The molecule has 1 aromatic heterocycles. The van der Waals surface area contributed by atoms with E-state index < -0.39 is 0 Å². The van der Waals surface area contributed by atoms with E-state index in [1.807, 2.05) is 12.3 Å². The predicted molar refractivity (Wildman–Crippen MR) is 68.4 cm³/mol.